The second-order valence-electron chi connectivity index (χ2n) is 25.4. The summed E-state index contributed by atoms with van der Waals surface area (Å²) in [4.78, 5) is 58.6. The van der Waals surface area contributed by atoms with E-state index in [-0.39, 0.29) is 47.0 Å². The monoisotopic (exact) mass is 1240 g/mol. The van der Waals surface area contributed by atoms with Crippen molar-refractivity contribution in [2.24, 2.45) is 16.7 Å². The molecule has 6 aromatic rings. The van der Waals surface area contributed by atoms with Crippen LogP contribution in [0.2, 0.25) is 0 Å². The molecule has 2 aromatic carbocycles. The summed E-state index contributed by atoms with van der Waals surface area (Å²) in [7, 11) is 3.39. The van der Waals surface area contributed by atoms with Crippen LogP contribution in [0, 0.1) is 23.7 Å². The fourth-order valence-corrected chi connectivity index (χ4v) is 15.4. The van der Waals surface area contributed by atoms with Gasteiger partial charge in [0.25, 0.3) is 5.92 Å². The zero-order valence-corrected chi connectivity index (χ0v) is 52.0. The Labute approximate surface area is 511 Å². The molecule has 4 saturated heterocycles. The number of aromatic nitrogens is 5. The van der Waals surface area contributed by atoms with Gasteiger partial charge in [-0.1, -0.05) is 45.0 Å². The Bertz CT molecular complexity index is 3530. The Morgan fingerprint density at radius 3 is 2.31 bits per heavy atom. The van der Waals surface area contributed by atoms with E-state index in [0.717, 1.165) is 90.4 Å². The van der Waals surface area contributed by atoms with Crippen molar-refractivity contribution in [1.82, 2.24) is 56.0 Å². The number of rotatable bonds is 14. The molecule has 6 fully saturated rings. The summed E-state index contributed by atoms with van der Waals surface area (Å²) in [5.74, 6) is -2.34. The molecule has 2 aliphatic carbocycles. The predicted molar refractivity (Wildman–Crippen MR) is 327 cm³/mol. The number of hydroxylamine groups is 2. The second kappa shape index (κ2) is 25.0. The molecular weight excluding hydrogens is 1170 g/mol. The Kier molecular flexibility index (Phi) is 17.9. The number of ether oxygens (including phenoxy) is 2. The fraction of sp³-hybridized carbons (Fsp3) is 0.565. The molecule has 25 heteroatoms. The number of aromatic amines is 1. The number of likely N-dealkylation sites (tertiary alicyclic amines) is 2. The first-order chi connectivity index (χ1) is 41.5. The quantitative estimate of drug-likeness (QED) is 0.0457. The average molecular weight is 1250 g/mol. The predicted octanol–water partition coefficient (Wildman–Crippen LogP) is 10.7. The van der Waals surface area contributed by atoms with Crippen LogP contribution in [0.25, 0.3) is 47.4 Å². The number of anilines is 1. The molecule has 18 nitrogen and oxygen atoms in total. The summed E-state index contributed by atoms with van der Waals surface area (Å²) in [6, 6.07) is 11.1. The molecule has 4 aromatic heterocycles. The molecule has 3 amide bonds. The zero-order chi connectivity index (χ0) is 61.7. The van der Waals surface area contributed by atoms with Crippen LogP contribution in [0.15, 0.2) is 54.5 Å². The number of alkyl halides is 5. The van der Waals surface area contributed by atoms with E-state index < -0.39 is 35.2 Å². The van der Waals surface area contributed by atoms with E-state index in [9.17, 15) is 36.3 Å². The number of hydrogen-bond donors (Lipinski definition) is 4. The van der Waals surface area contributed by atoms with E-state index in [0.29, 0.717) is 76.5 Å². The lowest BCUT2D eigenvalue weighted by molar-refractivity contribution is -0.142. The van der Waals surface area contributed by atoms with Gasteiger partial charge in [-0.15, -0.1) is 11.3 Å². The SMILES string of the molecule is CC1=C(c2ccc(CNC(=O)C3CCCN3C(=O)C(NC=O)C(C)(C)C)cc2)SON1C.CCOC1CC2(CCN(CC3CC3(F)F)CC2)C1.COc1nc(N2CC3CCC(C2)N3)c2c(n1)sc1c(-c3c(C(F)(F)F)c(C)cc4[nH]ncc34)nccc12. The number of aryl methyl sites for hydroxylation is 1. The molecule has 5 aliphatic heterocycles. The molecular formula is C62H77F5N12O6S2. The number of thiophene rings is 1. The molecule has 5 unspecified atom stereocenters. The Morgan fingerprint density at radius 1 is 0.977 bits per heavy atom. The van der Waals surface area contributed by atoms with Crippen molar-refractivity contribution in [1.29, 1.82) is 0 Å². The lowest BCUT2D eigenvalue weighted by atomic mass is 9.61. The number of benzene rings is 2. The molecule has 1 spiro atoms. The van der Waals surface area contributed by atoms with Crippen molar-refractivity contribution < 1.29 is 50.1 Å². The molecule has 9 heterocycles. The van der Waals surface area contributed by atoms with E-state index in [2.05, 4.69) is 45.9 Å². The minimum atomic E-state index is -4.57. The fourth-order valence-electron chi connectivity index (χ4n) is 13.4. The molecule has 4 N–H and O–H groups in total. The summed E-state index contributed by atoms with van der Waals surface area (Å²) in [5.41, 5.74) is 3.34. The number of pyridine rings is 1. The number of halogens is 5. The highest BCUT2D eigenvalue weighted by Gasteiger charge is 2.57. The third-order valence-electron chi connectivity index (χ3n) is 18.3. The minimum Gasteiger partial charge on any atom is -0.467 e. The third kappa shape index (κ3) is 13.1. The number of H-pyrrole nitrogens is 1. The maximum absolute atomic E-state index is 14.4. The van der Waals surface area contributed by atoms with Crippen LogP contribution in [0.3, 0.4) is 0 Å². The molecule has 2 saturated carbocycles. The molecule has 2 bridgehead atoms. The summed E-state index contributed by atoms with van der Waals surface area (Å²) in [5, 5.41) is 19.8. The normalized spacial score (nSPS) is 22.9. The molecule has 87 heavy (non-hydrogen) atoms. The van der Waals surface area contributed by atoms with Crippen molar-refractivity contribution in [3.8, 4) is 17.3 Å². The summed E-state index contributed by atoms with van der Waals surface area (Å²) in [6.07, 6.45) is 7.88. The van der Waals surface area contributed by atoms with Gasteiger partial charge in [-0.25, -0.2) is 13.8 Å². The Hall–Kier alpha value is -6.25. The average Bonchev–Trinajstić information content (AvgIpc) is 1.70. The van der Waals surface area contributed by atoms with Gasteiger partial charge < -0.3 is 40.1 Å². The zero-order valence-electron chi connectivity index (χ0n) is 50.4. The van der Waals surface area contributed by atoms with Gasteiger partial charge in [0, 0.05) is 93.3 Å². The number of amides is 3. The number of fused-ring (bicyclic) bond motifs is 6. The number of carbonyl (C=O) groups is 3. The van der Waals surface area contributed by atoms with Crippen molar-refractivity contribution >= 4 is 83.5 Å². The number of piperidine rings is 1. The number of hydrogen-bond acceptors (Lipinski definition) is 16. The highest BCUT2D eigenvalue weighted by atomic mass is 32.2. The smallest absolute Gasteiger partial charge is 0.417 e. The van der Waals surface area contributed by atoms with Crippen molar-refractivity contribution in [2.45, 2.75) is 148 Å². The van der Waals surface area contributed by atoms with E-state index in [1.165, 1.54) is 75.4 Å². The molecule has 7 aliphatic rings. The van der Waals surface area contributed by atoms with Gasteiger partial charge in [0.2, 0.25) is 18.2 Å². The molecule has 0 radical (unpaired) electrons. The molecule has 5 atom stereocenters. The van der Waals surface area contributed by atoms with E-state index >= 15 is 0 Å². The summed E-state index contributed by atoms with van der Waals surface area (Å²) < 4.78 is 86.1. The van der Waals surface area contributed by atoms with Gasteiger partial charge in [-0.05, 0) is 125 Å². The lowest BCUT2D eigenvalue weighted by Crippen LogP contribution is -2.56. The third-order valence-corrected chi connectivity index (χ3v) is 20.5. The van der Waals surface area contributed by atoms with Crippen LogP contribution in [-0.4, -0.2) is 154 Å². The van der Waals surface area contributed by atoms with Crippen LogP contribution in [0.5, 0.6) is 6.01 Å². The standard InChI is InChI=1S/C25H22F3N7OS.C23H32N4O4S.C14H23F2NO/c1-11-7-16-15(8-30-34-16)17(19(11)25(26,27)28)20-21-14(5-6-29-20)18-22(32-24(36-2)33-23(18)37-21)35-9-12-3-4-13(10-35)31-12;1-15-19(32-31-26(15)5)17-10-8-16(9-11-17)13-24-21(29)18-7-6-12-27(18)22(30)20(25-14-28)23(2,3)4;1-2-18-12-8-13(9-12)3-5-17(6-4-13)10-11-7-14(11,15)16/h5-8,12-13,31H,3-4,9-10H2,1-2H3,(H,30,34);8-11,14,18,20H,6-7,12-13H2,1-5H3,(H,24,29)(H,25,28);11-12H,2-10H2,1H3. The van der Waals surface area contributed by atoms with E-state index in [1.54, 1.807) is 16.2 Å². The van der Waals surface area contributed by atoms with Crippen molar-refractivity contribution in [3.05, 3.63) is 76.7 Å². The highest BCUT2D eigenvalue weighted by molar-refractivity contribution is 8.04. The largest absolute Gasteiger partial charge is 0.467 e. The Balaban J connectivity index is 0.000000143. The maximum Gasteiger partial charge on any atom is 0.417 e. The van der Waals surface area contributed by atoms with Gasteiger partial charge in [-0.3, -0.25) is 24.5 Å². The van der Waals surface area contributed by atoms with Crippen molar-refractivity contribution in [3.63, 3.8) is 0 Å². The van der Waals surface area contributed by atoms with E-state index in [1.807, 2.05) is 72.0 Å². The first-order valence-corrected chi connectivity index (χ1v) is 31.6. The van der Waals surface area contributed by atoms with Crippen LogP contribution in [0.1, 0.15) is 115 Å². The number of methoxy groups -OCH3 is 1. The van der Waals surface area contributed by atoms with Crippen LogP contribution >= 0.6 is 23.4 Å². The molecule has 468 valence electrons. The molecule has 13 rings (SSSR count). The number of piperazine rings is 1. The number of carbonyl (C=O) groups excluding carboxylic acids is 3. The van der Waals surface area contributed by atoms with Crippen molar-refractivity contribution in [2.75, 3.05) is 64.9 Å². The van der Waals surface area contributed by atoms with Gasteiger partial charge in [0.15, 0.2) is 0 Å². The van der Waals surface area contributed by atoms with Gasteiger partial charge in [0.1, 0.15) is 22.7 Å². The second-order valence-corrected chi connectivity index (χ2v) is 27.1. The Morgan fingerprint density at radius 2 is 1.69 bits per heavy atom. The van der Waals surface area contributed by atoms with Crippen LogP contribution in [-0.2, 0) is 36.1 Å². The topological polar surface area (TPSA) is 195 Å². The van der Waals surface area contributed by atoms with Crippen LogP contribution in [0.4, 0.5) is 27.8 Å². The first-order valence-electron chi connectivity index (χ1n) is 30.0. The maximum atomic E-state index is 14.4. The van der Waals surface area contributed by atoms with Gasteiger partial charge in [-0.2, -0.15) is 32.5 Å². The summed E-state index contributed by atoms with van der Waals surface area (Å²) in [6.45, 7) is 17.1. The van der Waals surface area contributed by atoms with Crippen LogP contribution < -0.4 is 25.6 Å². The van der Waals surface area contributed by atoms with Gasteiger partial charge >= 0.3 is 12.2 Å². The highest BCUT2D eigenvalue weighted by Crippen LogP contribution is 2.53. The minimum absolute atomic E-state index is 0.0232. The van der Waals surface area contributed by atoms with Gasteiger partial charge in [0.05, 0.1) is 68.9 Å². The lowest BCUT2D eigenvalue weighted by Gasteiger charge is -2.52. The number of allylic oxidation sites excluding steroid dienone is 1. The van der Waals surface area contributed by atoms with E-state index in [4.69, 9.17) is 18.7 Å². The number of nitrogens with zero attached hydrogens (tertiary/aromatic N) is 8. The first kappa shape index (κ1) is 62.4. The summed E-state index contributed by atoms with van der Waals surface area (Å²) >= 11 is 2.64. The number of nitrogens with one attached hydrogen (secondary N) is 4.